The van der Waals surface area contributed by atoms with E-state index in [1.807, 2.05) is 16.7 Å². The second-order valence-electron chi connectivity index (χ2n) is 6.22. The first-order valence-corrected chi connectivity index (χ1v) is 8.31. The third kappa shape index (κ3) is 3.25. The van der Waals surface area contributed by atoms with Gasteiger partial charge in [-0.2, -0.15) is 4.98 Å². The highest BCUT2D eigenvalue weighted by Gasteiger charge is 2.31. The van der Waals surface area contributed by atoms with Gasteiger partial charge in [0.25, 0.3) is 5.91 Å². The molecule has 0 saturated carbocycles. The van der Waals surface area contributed by atoms with Crippen molar-refractivity contribution in [3.05, 3.63) is 48.1 Å². The molecule has 130 valence electrons. The third-order valence-electron chi connectivity index (χ3n) is 4.51. The summed E-state index contributed by atoms with van der Waals surface area (Å²) >= 11 is 0. The Hall–Kier alpha value is -2.74. The monoisotopic (exact) mass is 341 g/mol. The molecule has 0 bridgehead atoms. The van der Waals surface area contributed by atoms with Crippen LogP contribution in [0.4, 0.5) is 0 Å². The molecule has 8 nitrogen and oxygen atoms in total. The molecule has 3 aromatic rings. The summed E-state index contributed by atoms with van der Waals surface area (Å²) < 4.78 is 12.6. The lowest BCUT2D eigenvalue weighted by Gasteiger charge is -2.28. The van der Waals surface area contributed by atoms with Crippen LogP contribution in [0.3, 0.4) is 0 Å². The predicted molar refractivity (Wildman–Crippen MR) is 88.0 cm³/mol. The first-order chi connectivity index (χ1) is 12.2. The molecule has 1 amide bonds. The first-order valence-electron chi connectivity index (χ1n) is 8.31. The normalized spacial score (nSPS) is 16.8. The fourth-order valence-electron chi connectivity index (χ4n) is 3.15. The maximum atomic E-state index is 12.8. The predicted octanol–water partition coefficient (Wildman–Crippen LogP) is 1.92. The molecule has 1 fully saturated rings. The summed E-state index contributed by atoms with van der Waals surface area (Å²) in [5.41, 5.74) is 1.44. The van der Waals surface area contributed by atoms with E-state index in [0.717, 1.165) is 18.4 Å². The minimum Gasteiger partial charge on any atom is -0.381 e. The molecule has 1 aliphatic heterocycles. The lowest BCUT2D eigenvalue weighted by molar-refractivity contribution is 0.0468. The molecule has 1 saturated heterocycles. The SMILES string of the molecule is Cc1noc(C(NC(=O)c2ccn3cncc3c2)C2CCOCC2)n1. The maximum absolute atomic E-state index is 12.8. The van der Waals surface area contributed by atoms with Crippen LogP contribution < -0.4 is 5.32 Å². The zero-order valence-electron chi connectivity index (χ0n) is 13.9. The Labute approximate surface area is 144 Å². The van der Waals surface area contributed by atoms with E-state index in [1.54, 1.807) is 25.5 Å². The molecular weight excluding hydrogens is 322 g/mol. The van der Waals surface area contributed by atoms with Gasteiger partial charge in [0.15, 0.2) is 5.82 Å². The number of aryl methyl sites for hydroxylation is 1. The number of hydrogen-bond acceptors (Lipinski definition) is 6. The van der Waals surface area contributed by atoms with Crippen molar-refractivity contribution in [2.45, 2.75) is 25.8 Å². The van der Waals surface area contributed by atoms with E-state index in [4.69, 9.17) is 9.26 Å². The van der Waals surface area contributed by atoms with Crippen LogP contribution in [0.1, 0.15) is 41.0 Å². The first kappa shape index (κ1) is 15.8. The number of amides is 1. The second-order valence-corrected chi connectivity index (χ2v) is 6.22. The highest BCUT2D eigenvalue weighted by Crippen LogP contribution is 2.29. The minimum absolute atomic E-state index is 0.170. The quantitative estimate of drug-likeness (QED) is 0.779. The highest BCUT2D eigenvalue weighted by molar-refractivity contribution is 5.95. The van der Waals surface area contributed by atoms with Crippen LogP contribution in [-0.2, 0) is 4.74 Å². The van der Waals surface area contributed by atoms with E-state index >= 15 is 0 Å². The molecule has 1 unspecified atom stereocenters. The van der Waals surface area contributed by atoms with Crippen molar-refractivity contribution in [3.63, 3.8) is 0 Å². The van der Waals surface area contributed by atoms with Gasteiger partial charge >= 0.3 is 0 Å². The van der Waals surface area contributed by atoms with Gasteiger partial charge in [-0.15, -0.1) is 0 Å². The zero-order valence-corrected chi connectivity index (χ0v) is 13.9. The van der Waals surface area contributed by atoms with E-state index < -0.39 is 0 Å². The third-order valence-corrected chi connectivity index (χ3v) is 4.51. The lowest BCUT2D eigenvalue weighted by atomic mass is 9.91. The van der Waals surface area contributed by atoms with Crippen molar-refractivity contribution < 1.29 is 14.1 Å². The van der Waals surface area contributed by atoms with Crippen molar-refractivity contribution in [1.82, 2.24) is 24.8 Å². The molecule has 1 N–H and O–H groups in total. The van der Waals surface area contributed by atoms with Crippen molar-refractivity contribution in [1.29, 1.82) is 0 Å². The van der Waals surface area contributed by atoms with E-state index in [1.165, 1.54) is 0 Å². The average molecular weight is 341 g/mol. The number of hydrogen-bond donors (Lipinski definition) is 1. The smallest absolute Gasteiger partial charge is 0.252 e. The Bertz CT molecular complexity index is 881. The molecule has 4 rings (SSSR count). The molecule has 0 aliphatic carbocycles. The minimum atomic E-state index is -0.321. The van der Waals surface area contributed by atoms with E-state index in [-0.39, 0.29) is 17.9 Å². The van der Waals surface area contributed by atoms with Crippen LogP contribution in [0, 0.1) is 12.8 Å². The van der Waals surface area contributed by atoms with Gasteiger partial charge in [0.2, 0.25) is 5.89 Å². The fourth-order valence-corrected chi connectivity index (χ4v) is 3.15. The van der Waals surface area contributed by atoms with Gasteiger partial charge in [-0.25, -0.2) is 4.98 Å². The summed E-state index contributed by atoms with van der Waals surface area (Å²) in [7, 11) is 0. The van der Waals surface area contributed by atoms with Gasteiger partial charge in [0.05, 0.1) is 18.0 Å². The van der Waals surface area contributed by atoms with Gasteiger partial charge in [-0.3, -0.25) is 4.79 Å². The van der Waals surface area contributed by atoms with Crippen molar-refractivity contribution >= 4 is 11.4 Å². The number of nitrogens with zero attached hydrogens (tertiary/aromatic N) is 4. The van der Waals surface area contributed by atoms with Crippen LogP contribution in [0.15, 0.2) is 35.4 Å². The van der Waals surface area contributed by atoms with Gasteiger partial charge in [0.1, 0.15) is 6.04 Å². The standard InChI is InChI=1S/C17H19N5O3/c1-11-19-17(25-21-11)15(12-3-6-24-7-4-12)20-16(23)13-2-5-22-10-18-9-14(22)8-13/h2,5,8-10,12,15H,3-4,6-7H2,1H3,(H,20,23). The van der Waals surface area contributed by atoms with Gasteiger partial charge in [0, 0.05) is 25.0 Å². The summed E-state index contributed by atoms with van der Waals surface area (Å²) in [6.45, 7) is 3.11. The van der Waals surface area contributed by atoms with Crippen LogP contribution in [0.25, 0.3) is 5.52 Å². The summed E-state index contributed by atoms with van der Waals surface area (Å²) in [5, 5.41) is 6.94. The number of ether oxygens (including phenoxy) is 1. The summed E-state index contributed by atoms with van der Waals surface area (Å²) in [5.74, 6) is 1.04. The second kappa shape index (κ2) is 6.64. The highest BCUT2D eigenvalue weighted by atomic mass is 16.5. The van der Waals surface area contributed by atoms with E-state index in [9.17, 15) is 4.79 Å². The number of rotatable bonds is 4. The Balaban J connectivity index is 1.59. The fraction of sp³-hybridized carbons (Fsp3) is 0.412. The molecular formula is C17H19N5O3. The number of fused-ring (bicyclic) bond motifs is 1. The van der Waals surface area contributed by atoms with Crippen molar-refractivity contribution in [2.24, 2.45) is 5.92 Å². The van der Waals surface area contributed by atoms with Crippen molar-refractivity contribution in [2.75, 3.05) is 13.2 Å². The Morgan fingerprint density at radius 3 is 3.00 bits per heavy atom. The number of carbonyl (C=O) groups is 1. The molecule has 0 spiro atoms. The molecule has 8 heteroatoms. The number of pyridine rings is 1. The molecule has 1 atom stereocenters. The van der Waals surface area contributed by atoms with Gasteiger partial charge in [-0.1, -0.05) is 5.16 Å². The molecule has 1 aliphatic rings. The van der Waals surface area contributed by atoms with E-state index in [2.05, 4.69) is 20.4 Å². The maximum Gasteiger partial charge on any atom is 0.252 e. The topological polar surface area (TPSA) is 94.6 Å². The summed E-state index contributed by atoms with van der Waals surface area (Å²) in [6.07, 6.45) is 6.91. The Morgan fingerprint density at radius 1 is 1.40 bits per heavy atom. The van der Waals surface area contributed by atoms with E-state index in [0.29, 0.717) is 30.5 Å². The van der Waals surface area contributed by atoms with Crippen LogP contribution in [-0.4, -0.2) is 38.6 Å². The van der Waals surface area contributed by atoms with Crippen LogP contribution >= 0.6 is 0 Å². The molecule has 0 radical (unpaired) electrons. The number of carbonyl (C=O) groups excluding carboxylic acids is 1. The average Bonchev–Trinajstić information content (AvgIpc) is 3.28. The molecule has 25 heavy (non-hydrogen) atoms. The largest absolute Gasteiger partial charge is 0.381 e. The van der Waals surface area contributed by atoms with Crippen LogP contribution in [0.5, 0.6) is 0 Å². The molecule has 3 aromatic heterocycles. The Kier molecular flexibility index (Phi) is 4.19. The van der Waals surface area contributed by atoms with Crippen molar-refractivity contribution in [3.8, 4) is 0 Å². The number of nitrogens with one attached hydrogen (secondary N) is 1. The molecule has 0 aromatic carbocycles. The number of aromatic nitrogens is 4. The zero-order chi connectivity index (χ0) is 17.2. The van der Waals surface area contributed by atoms with Gasteiger partial charge in [-0.05, 0) is 37.8 Å². The Morgan fingerprint density at radius 2 is 2.24 bits per heavy atom. The van der Waals surface area contributed by atoms with Gasteiger partial charge < -0.3 is 19.0 Å². The van der Waals surface area contributed by atoms with Crippen LogP contribution in [0.2, 0.25) is 0 Å². The molecule has 4 heterocycles. The lowest BCUT2D eigenvalue weighted by Crippen LogP contribution is -2.36. The summed E-state index contributed by atoms with van der Waals surface area (Å²) in [6, 6.07) is 3.26. The summed E-state index contributed by atoms with van der Waals surface area (Å²) in [4.78, 5) is 21.2. The number of imidazole rings is 1.